The van der Waals surface area contributed by atoms with E-state index in [2.05, 4.69) is 43.0 Å². The molecular weight excluding hydrogens is 236 g/mol. The molecule has 1 saturated heterocycles. The molecule has 0 aromatic heterocycles. The Labute approximate surface area is 116 Å². The van der Waals surface area contributed by atoms with Crippen LogP contribution < -0.4 is 5.73 Å². The number of hydrogen-bond donors (Lipinski definition) is 2. The zero-order valence-electron chi connectivity index (χ0n) is 12.0. The fourth-order valence-corrected chi connectivity index (χ4v) is 3.09. The van der Waals surface area contributed by atoms with Gasteiger partial charge in [0.25, 0.3) is 0 Å². The van der Waals surface area contributed by atoms with E-state index >= 15 is 0 Å². The third kappa shape index (κ3) is 3.16. The van der Waals surface area contributed by atoms with Gasteiger partial charge in [0.15, 0.2) is 0 Å². The molecule has 0 amide bonds. The Morgan fingerprint density at radius 1 is 1.37 bits per heavy atom. The topological polar surface area (TPSA) is 49.5 Å². The zero-order valence-corrected chi connectivity index (χ0v) is 12.0. The summed E-state index contributed by atoms with van der Waals surface area (Å²) in [4.78, 5) is 2.40. The van der Waals surface area contributed by atoms with Crippen molar-refractivity contribution in [3.8, 4) is 0 Å². The molecule has 1 fully saturated rings. The van der Waals surface area contributed by atoms with Gasteiger partial charge in [0.05, 0.1) is 12.6 Å². The third-order valence-corrected chi connectivity index (χ3v) is 4.29. The van der Waals surface area contributed by atoms with E-state index in [0.717, 1.165) is 25.8 Å². The van der Waals surface area contributed by atoms with Gasteiger partial charge in [-0.3, -0.25) is 4.90 Å². The number of nitrogens with zero attached hydrogens (tertiary/aromatic N) is 1. The van der Waals surface area contributed by atoms with Gasteiger partial charge < -0.3 is 10.8 Å². The average Bonchev–Trinajstić information content (AvgIpc) is 2.89. The van der Waals surface area contributed by atoms with Crippen LogP contribution in [0.4, 0.5) is 0 Å². The van der Waals surface area contributed by atoms with E-state index in [0.29, 0.717) is 0 Å². The molecule has 0 saturated carbocycles. The molecule has 3 atom stereocenters. The van der Waals surface area contributed by atoms with Crippen molar-refractivity contribution in [1.82, 2.24) is 4.90 Å². The molecule has 3 N–H and O–H groups in total. The second-order valence-electron chi connectivity index (χ2n) is 5.64. The number of benzene rings is 1. The predicted octanol–water partition coefficient (Wildman–Crippen LogP) is 2.23. The monoisotopic (exact) mass is 262 g/mol. The minimum atomic E-state index is 0.120. The van der Waals surface area contributed by atoms with E-state index in [9.17, 15) is 5.11 Å². The van der Waals surface area contributed by atoms with Crippen molar-refractivity contribution < 1.29 is 5.11 Å². The number of hydrogen-bond acceptors (Lipinski definition) is 3. The maximum absolute atomic E-state index is 9.55. The Morgan fingerprint density at radius 2 is 2.05 bits per heavy atom. The highest BCUT2D eigenvalue weighted by molar-refractivity contribution is 5.25. The van der Waals surface area contributed by atoms with Crippen molar-refractivity contribution >= 4 is 0 Å². The number of aryl methyl sites for hydroxylation is 1. The highest BCUT2D eigenvalue weighted by atomic mass is 16.3. The smallest absolute Gasteiger partial charge is 0.0587 e. The lowest BCUT2D eigenvalue weighted by Gasteiger charge is -2.36. The molecule has 0 spiro atoms. The molecule has 0 aliphatic carbocycles. The number of nitrogens with two attached hydrogens (primary N) is 1. The van der Waals surface area contributed by atoms with Crippen molar-refractivity contribution in [1.29, 1.82) is 0 Å². The molecule has 1 aliphatic heterocycles. The highest BCUT2D eigenvalue weighted by Gasteiger charge is 2.33. The van der Waals surface area contributed by atoms with Gasteiger partial charge >= 0.3 is 0 Å². The van der Waals surface area contributed by atoms with Crippen molar-refractivity contribution in [2.75, 3.05) is 13.2 Å². The Bertz CT molecular complexity index is 390. The molecule has 3 unspecified atom stereocenters. The summed E-state index contributed by atoms with van der Waals surface area (Å²) in [7, 11) is 0. The standard InChI is InChI=1S/C16H26N2O/c1-3-15(17)16(13-8-6-12(2)7-9-13)18-10-4-5-14(18)11-19/h6-9,14-16,19H,3-5,10-11,17H2,1-2H3. The molecule has 1 aromatic rings. The Kier molecular flexibility index (Phi) is 4.97. The van der Waals surface area contributed by atoms with Crippen LogP contribution in [0, 0.1) is 6.92 Å². The number of aliphatic hydroxyl groups is 1. The fourth-order valence-electron chi connectivity index (χ4n) is 3.09. The Hall–Kier alpha value is -0.900. The lowest BCUT2D eigenvalue weighted by molar-refractivity contribution is 0.104. The summed E-state index contributed by atoms with van der Waals surface area (Å²) in [5.41, 5.74) is 8.91. The van der Waals surface area contributed by atoms with E-state index < -0.39 is 0 Å². The first-order chi connectivity index (χ1) is 9.17. The maximum Gasteiger partial charge on any atom is 0.0587 e. The normalized spacial score (nSPS) is 23.5. The van der Waals surface area contributed by atoms with Crippen LogP contribution in [0.15, 0.2) is 24.3 Å². The van der Waals surface area contributed by atoms with Crippen LogP contribution in [-0.2, 0) is 0 Å². The van der Waals surface area contributed by atoms with Gasteiger partial charge in [-0.25, -0.2) is 0 Å². The summed E-state index contributed by atoms with van der Waals surface area (Å²) in [5.74, 6) is 0. The molecule has 1 heterocycles. The van der Waals surface area contributed by atoms with E-state index in [1.807, 2.05) is 0 Å². The van der Waals surface area contributed by atoms with Crippen LogP contribution in [0.2, 0.25) is 0 Å². The first-order valence-corrected chi connectivity index (χ1v) is 7.36. The van der Waals surface area contributed by atoms with E-state index in [1.54, 1.807) is 0 Å². The summed E-state index contributed by atoms with van der Waals surface area (Å²) in [6.45, 7) is 5.51. The van der Waals surface area contributed by atoms with Crippen molar-refractivity contribution in [3.05, 3.63) is 35.4 Å². The molecule has 0 radical (unpaired) electrons. The van der Waals surface area contributed by atoms with Crippen LogP contribution in [0.1, 0.15) is 43.4 Å². The van der Waals surface area contributed by atoms with Gasteiger partial charge in [0, 0.05) is 12.1 Å². The van der Waals surface area contributed by atoms with Crippen LogP contribution >= 0.6 is 0 Å². The van der Waals surface area contributed by atoms with Crippen LogP contribution in [0.3, 0.4) is 0 Å². The summed E-state index contributed by atoms with van der Waals surface area (Å²) in [6.07, 6.45) is 3.19. The lowest BCUT2D eigenvalue weighted by Crippen LogP contribution is -2.44. The van der Waals surface area contributed by atoms with E-state index in [-0.39, 0.29) is 24.7 Å². The lowest BCUT2D eigenvalue weighted by atomic mass is 9.95. The third-order valence-electron chi connectivity index (χ3n) is 4.29. The predicted molar refractivity (Wildman–Crippen MR) is 79.0 cm³/mol. The molecule has 3 nitrogen and oxygen atoms in total. The summed E-state index contributed by atoms with van der Waals surface area (Å²) in [6, 6.07) is 9.28. The molecule has 1 aliphatic rings. The number of likely N-dealkylation sites (tertiary alicyclic amines) is 1. The van der Waals surface area contributed by atoms with Gasteiger partial charge in [0.1, 0.15) is 0 Å². The molecule has 1 aromatic carbocycles. The van der Waals surface area contributed by atoms with Crippen molar-refractivity contribution in [2.45, 2.75) is 51.2 Å². The molecule has 2 rings (SSSR count). The highest BCUT2D eigenvalue weighted by Crippen LogP contribution is 2.32. The van der Waals surface area contributed by atoms with Gasteiger partial charge in [-0.2, -0.15) is 0 Å². The quantitative estimate of drug-likeness (QED) is 0.855. The van der Waals surface area contributed by atoms with Gasteiger partial charge in [-0.15, -0.1) is 0 Å². The second-order valence-corrected chi connectivity index (χ2v) is 5.64. The summed E-state index contributed by atoms with van der Waals surface area (Å²) in [5, 5.41) is 9.55. The maximum atomic E-state index is 9.55. The van der Waals surface area contributed by atoms with Crippen molar-refractivity contribution in [3.63, 3.8) is 0 Å². The zero-order chi connectivity index (χ0) is 13.8. The Morgan fingerprint density at radius 3 is 2.63 bits per heavy atom. The molecular formula is C16H26N2O. The van der Waals surface area contributed by atoms with E-state index in [4.69, 9.17) is 5.73 Å². The van der Waals surface area contributed by atoms with Gasteiger partial charge in [0.2, 0.25) is 0 Å². The van der Waals surface area contributed by atoms with Gasteiger partial charge in [-0.05, 0) is 38.3 Å². The van der Waals surface area contributed by atoms with Crippen LogP contribution in [0.5, 0.6) is 0 Å². The largest absolute Gasteiger partial charge is 0.395 e. The minimum absolute atomic E-state index is 0.120. The minimum Gasteiger partial charge on any atom is -0.395 e. The van der Waals surface area contributed by atoms with Crippen LogP contribution in [-0.4, -0.2) is 35.2 Å². The van der Waals surface area contributed by atoms with E-state index in [1.165, 1.54) is 11.1 Å². The van der Waals surface area contributed by atoms with Crippen LogP contribution in [0.25, 0.3) is 0 Å². The molecule has 3 heteroatoms. The van der Waals surface area contributed by atoms with Crippen molar-refractivity contribution in [2.24, 2.45) is 5.73 Å². The number of aliphatic hydroxyl groups excluding tert-OH is 1. The second kappa shape index (κ2) is 6.51. The Balaban J connectivity index is 2.27. The summed E-state index contributed by atoms with van der Waals surface area (Å²) < 4.78 is 0. The first-order valence-electron chi connectivity index (χ1n) is 7.36. The fraction of sp³-hybridized carbons (Fsp3) is 0.625. The molecule has 0 bridgehead atoms. The molecule has 19 heavy (non-hydrogen) atoms. The SMILES string of the molecule is CCC(N)C(c1ccc(C)cc1)N1CCCC1CO. The van der Waals surface area contributed by atoms with Gasteiger partial charge in [-0.1, -0.05) is 36.8 Å². The summed E-state index contributed by atoms with van der Waals surface area (Å²) >= 11 is 0. The number of rotatable bonds is 5. The molecule has 106 valence electrons. The average molecular weight is 262 g/mol. The first kappa shape index (κ1) is 14.5.